The molecule has 2 atom stereocenters. The van der Waals surface area contributed by atoms with Crippen molar-refractivity contribution in [2.24, 2.45) is 5.41 Å². The number of aliphatic carboxylic acids is 1. The van der Waals surface area contributed by atoms with Crippen LogP contribution < -0.4 is 14.4 Å². The second-order valence-electron chi connectivity index (χ2n) is 9.06. The summed E-state index contributed by atoms with van der Waals surface area (Å²) < 4.78 is 11.1. The predicted octanol–water partition coefficient (Wildman–Crippen LogP) is 4.63. The van der Waals surface area contributed by atoms with Crippen LogP contribution in [0.1, 0.15) is 49.1 Å². The quantitative estimate of drug-likeness (QED) is 0.659. The number of carbonyl (C=O) groups excluding carboxylic acids is 1. The third-order valence-electron chi connectivity index (χ3n) is 5.28. The van der Waals surface area contributed by atoms with Crippen molar-refractivity contribution in [3.8, 4) is 17.6 Å². The lowest BCUT2D eigenvalue weighted by Gasteiger charge is -2.31. The first-order chi connectivity index (χ1) is 15.6. The Morgan fingerprint density at radius 3 is 2.48 bits per heavy atom. The fourth-order valence-corrected chi connectivity index (χ4v) is 5.44. The van der Waals surface area contributed by atoms with Gasteiger partial charge in [0.2, 0.25) is 5.91 Å². The fourth-order valence-electron chi connectivity index (χ4n) is 3.96. The topological polar surface area (TPSA) is 99.9 Å². The summed E-state index contributed by atoms with van der Waals surface area (Å²) in [5, 5.41) is 17.9. The van der Waals surface area contributed by atoms with Crippen molar-refractivity contribution in [1.29, 1.82) is 5.26 Å². The molecule has 8 heteroatoms. The van der Waals surface area contributed by atoms with Crippen LogP contribution in [-0.2, 0) is 9.59 Å². The first kappa shape index (κ1) is 24.5. The molecular weight excluding hydrogens is 440 g/mol. The number of anilines is 1. The molecule has 174 valence electrons. The van der Waals surface area contributed by atoms with Crippen molar-refractivity contribution in [3.05, 3.63) is 53.1 Å². The summed E-state index contributed by atoms with van der Waals surface area (Å²) >= 11 is 1.27. The first-order valence-corrected chi connectivity index (χ1v) is 11.5. The molecule has 1 aliphatic rings. The highest BCUT2D eigenvalue weighted by Gasteiger charge is 2.39. The molecule has 2 unspecified atom stereocenters. The van der Waals surface area contributed by atoms with Gasteiger partial charge < -0.3 is 19.5 Å². The molecule has 0 bridgehead atoms. The van der Waals surface area contributed by atoms with E-state index >= 15 is 0 Å². The van der Waals surface area contributed by atoms with Crippen molar-refractivity contribution in [3.63, 3.8) is 0 Å². The maximum absolute atomic E-state index is 13.7. The summed E-state index contributed by atoms with van der Waals surface area (Å²) in [5.41, 5.74) is 2.41. The van der Waals surface area contributed by atoms with Gasteiger partial charge in [0, 0.05) is 17.8 Å². The normalized spacial score (nSPS) is 18.2. The molecule has 7 nitrogen and oxygen atoms in total. The van der Waals surface area contributed by atoms with E-state index in [1.165, 1.54) is 11.8 Å². The number of para-hydroxylation sites is 1. The molecule has 1 amide bonds. The Balaban J connectivity index is 2.30. The average molecular weight is 469 g/mol. The molecule has 0 fully saturated rings. The predicted molar refractivity (Wildman–Crippen MR) is 128 cm³/mol. The largest absolute Gasteiger partial charge is 0.493 e. The molecule has 1 N–H and O–H groups in total. The van der Waals surface area contributed by atoms with Gasteiger partial charge in [0.15, 0.2) is 11.5 Å². The number of nitriles is 1. The van der Waals surface area contributed by atoms with Crippen molar-refractivity contribution < 1.29 is 24.2 Å². The molecule has 3 rings (SSSR count). The highest BCUT2D eigenvalue weighted by atomic mass is 32.2. The molecule has 0 aromatic heterocycles. The number of benzene rings is 2. The lowest BCUT2D eigenvalue weighted by molar-refractivity contribution is -0.138. The minimum absolute atomic E-state index is 0.229. The van der Waals surface area contributed by atoms with Gasteiger partial charge in [-0.05, 0) is 35.2 Å². The van der Waals surface area contributed by atoms with Gasteiger partial charge in [0.1, 0.15) is 0 Å². The fraction of sp³-hybridized carbons (Fsp3) is 0.400. The maximum Gasteiger partial charge on any atom is 0.305 e. The van der Waals surface area contributed by atoms with Crippen molar-refractivity contribution >= 4 is 29.3 Å². The zero-order chi connectivity index (χ0) is 24.3. The van der Waals surface area contributed by atoms with Crippen molar-refractivity contribution in [1.82, 2.24) is 0 Å². The van der Waals surface area contributed by atoms with E-state index in [1.54, 1.807) is 43.4 Å². The summed E-state index contributed by atoms with van der Waals surface area (Å²) in [4.78, 5) is 27.0. The molecule has 0 spiro atoms. The van der Waals surface area contributed by atoms with Crippen molar-refractivity contribution in [2.75, 3.05) is 25.7 Å². The van der Waals surface area contributed by atoms with Crippen LogP contribution in [0.3, 0.4) is 0 Å². The summed E-state index contributed by atoms with van der Waals surface area (Å²) in [6.45, 7) is 6.48. The summed E-state index contributed by atoms with van der Waals surface area (Å²) in [6, 6.07) is 12.9. The number of carbonyl (C=O) groups is 2. The van der Waals surface area contributed by atoms with E-state index in [2.05, 4.69) is 6.07 Å². The molecular formula is C25H28N2O5S. The Morgan fingerprint density at radius 1 is 1.18 bits per heavy atom. The number of hydrogen-bond donors (Lipinski definition) is 1. The Hall–Kier alpha value is -3.18. The molecule has 1 heterocycles. The van der Waals surface area contributed by atoms with Gasteiger partial charge in [-0.15, -0.1) is 11.8 Å². The van der Waals surface area contributed by atoms with Gasteiger partial charge in [0.25, 0.3) is 0 Å². The van der Waals surface area contributed by atoms with Crippen LogP contribution in [0.4, 0.5) is 5.69 Å². The third kappa shape index (κ3) is 5.25. The summed E-state index contributed by atoms with van der Waals surface area (Å²) in [6.07, 6.45) is -0.313. The summed E-state index contributed by atoms with van der Waals surface area (Å²) in [5.74, 6) is -0.258. The van der Waals surface area contributed by atoms with Crippen molar-refractivity contribution in [2.45, 2.75) is 37.7 Å². The first-order valence-electron chi connectivity index (χ1n) is 10.5. The minimum atomic E-state index is -1.04. The van der Waals surface area contributed by atoms with Gasteiger partial charge in [-0.1, -0.05) is 32.9 Å². The Labute approximate surface area is 198 Å². The van der Waals surface area contributed by atoms with Gasteiger partial charge >= 0.3 is 5.97 Å². The van der Waals surface area contributed by atoms with Gasteiger partial charge in [-0.3, -0.25) is 9.59 Å². The number of methoxy groups -OCH3 is 2. The molecule has 0 radical (unpaired) electrons. The van der Waals surface area contributed by atoms with Crippen LogP contribution in [0.25, 0.3) is 0 Å². The Bertz CT molecular complexity index is 1100. The minimum Gasteiger partial charge on any atom is -0.493 e. The van der Waals surface area contributed by atoms with E-state index in [0.29, 0.717) is 29.3 Å². The van der Waals surface area contributed by atoms with E-state index in [0.717, 1.165) is 11.1 Å². The number of ether oxygens (including phenoxy) is 2. The molecule has 33 heavy (non-hydrogen) atoms. The smallest absolute Gasteiger partial charge is 0.305 e. The highest BCUT2D eigenvalue weighted by molar-refractivity contribution is 8.01. The highest BCUT2D eigenvalue weighted by Crippen LogP contribution is 2.51. The van der Waals surface area contributed by atoms with E-state index in [4.69, 9.17) is 9.47 Å². The SMILES string of the molecule is COc1cccc(C2SC(CC(=O)O)C(=O)N(CC(C)(C)C)c3ccc(C#N)cc32)c1OC. The van der Waals surface area contributed by atoms with Gasteiger partial charge in [-0.2, -0.15) is 5.26 Å². The van der Waals surface area contributed by atoms with Crippen LogP contribution in [0.15, 0.2) is 36.4 Å². The van der Waals surface area contributed by atoms with E-state index in [9.17, 15) is 20.0 Å². The van der Waals surface area contributed by atoms with E-state index in [-0.39, 0.29) is 17.7 Å². The number of nitrogens with zero attached hydrogens (tertiary/aromatic N) is 2. The number of carboxylic acid groups (broad SMARTS) is 1. The molecule has 0 saturated carbocycles. The number of carboxylic acids is 1. The van der Waals surface area contributed by atoms with Crippen LogP contribution >= 0.6 is 11.8 Å². The molecule has 0 saturated heterocycles. The average Bonchev–Trinajstić information content (AvgIpc) is 2.87. The second-order valence-corrected chi connectivity index (χ2v) is 10.4. The molecule has 2 aromatic carbocycles. The standard InChI is InChI=1S/C25H28N2O5S/c1-25(2,3)14-27-18-10-9-15(13-26)11-17(18)23(33-20(24(27)30)12-21(28)29)16-7-6-8-19(31-4)22(16)32-5/h6-11,20,23H,12,14H2,1-5H3,(H,28,29). The monoisotopic (exact) mass is 468 g/mol. The molecule has 0 aliphatic carbocycles. The van der Waals surface area contributed by atoms with Crippen LogP contribution in [0.2, 0.25) is 0 Å². The lowest BCUT2D eigenvalue weighted by atomic mass is 9.93. The molecule has 1 aliphatic heterocycles. The van der Waals surface area contributed by atoms with E-state index < -0.39 is 16.5 Å². The van der Waals surface area contributed by atoms with Gasteiger partial charge in [0.05, 0.1) is 42.8 Å². The van der Waals surface area contributed by atoms with Gasteiger partial charge in [-0.25, -0.2) is 0 Å². The number of rotatable bonds is 6. The molecule has 2 aromatic rings. The third-order valence-corrected chi connectivity index (χ3v) is 6.76. The maximum atomic E-state index is 13.7. The zero-order valence-corrected chi connectivity index (χ0v) is 20.2. The van der Waals surface area contributed by atoms with Crippen LogP contribution in [0, 0.1) is 16.7 Å². The number of fused-ring (bicyclic) bond motifs is 1. The lowest BCUT2D eigenvalue weighted by Crippen LogP contribution is -2.42. The van der Waals surface area contributed by atoms with Crippen LogP contribution in [-0.4, -0.2) is 43.0 Å². The number of hydrogen-bond acceptors (Lipinski definition) is 6. The van der Waals surface area contributed by atoms with Crippen LogP contribution in [0.5, 0.6) is 11.5 Å². The van der Waals surface area contributed by atoms with E-state index in [1.807, 2.05) is 32.9 Å². The number of amides is 1. The Morgan fingerprint density at radius 2 is 1.91 bits per heavy atom. The Kier molecular flexibility index (Phi) is 7.23. The summed E-state index contributed by atoms with van der Waals surface area (Å²) in [7, 11) is 3.09. The zero-order valence-electron chi connectivity index (χ0n) is 19.4. The number of thioether (sulfide) groups is 1. The second kappa shape index (κ2) is 9.75.